The highest BCUT2D eigenvalue weighted by Gasteiger charge is 2.19. The predicted molar refractivity (Wildman–Crippen MR) is 72.6 cm³/mol. The fourth-order valence-electron chi connectivity index (χ4n) is 2.50. The molecule has 3 rings (SSSR count). The van der Waals surface area contributed by atoms with Crippen LogP contribution in [-0.2, 0) is 0 Å². The van der Waals surface area contributed by atoms with Gasteiger partial charge in [0.25, 0.3) is 5.91 Å². The van der Waals surface area contributed by atoms with Crippen molar-refractivity contribution in [3.63, 3.8) is 0 Å². The van der Waals surface area contributed by atoms with Gasteiger partial charge in [-0.3, -0.25) is 4.79 Å². The van der Waals surface area contributed by atoms with Gasteiger partial charge in [-0.2, -0.15) is 0 Å². The average Bonchev–Trinajstić information content (AvgIpc) is 2.92. The maximum Gasteiger partial charge on any atom is 0.252 e. The number of benzene rings is 2. The summed E-state index contributed by atoms with van der Waals surface area (Å²) in [4.78, 5) is 12.3. The lowest BCUT2D eigenvalue weighted by Crippen LogP contribution is -2.36. The zero-order valence-corrected chi connectivity index (χ0v) is 10.4. The van der Waals surface area contributed by atoms with Crippen molar-refractivity contribution in [1.82, 2.24) is 10.6 Å². The number of hydrogen-bond acceptors (Lipinski definition) is 2. The van der Waals surface area contributed by atoms with E-state index in [9.17, 15) is 9.18 Å². The molecule has 1 aliphatic heterocycles. The van der Waals surface area contributed by atoms with Crippen LogP contribution in [0, 0.1) is 5.82 Å². The molecule has 4 heteroatoms. The molecule has 19 heavy (non-hydrogen) atoms. The van der Waals surface area contributed by atoms with E-state index in [-0.39, 0.29) is 17.8 Å². The lowest BCUT2D eigenvalue weighted by atomic mass is 10.0. The molecule has 2 aromatic carbocycles. The summed E-state index contributed by atoms with van der Waals surface area (Å²) in [6.07, 6.45) is 0.935. The summed E-state index contributed by atoms with van der Waals surface area (Å²) in [5.74, 6) is -0.431. The highest BCUT2D eigenvalue weighted by atomic mass is 19.1. The Labute approximate surface area is 110 Å². The van der Waals surface area contributed by atoms with E-state index in [1.165, 1.54) is 6.07 Å². The number of halogens is 1. The molecule has 0 aliphatic carbocycles. The minimum absolute atomic E-state index is 0.134. The van der Waals surface area contributed by atoms with Crippen LogP contribution >= 0.6 is 0 Å². The molecule has 98 valence electrons. The average molecular weight is 258 g/mol. The Morgan fingerprint density at radius 1 is 1.21 bits per heavy atom. The van der Waals surface area contributed by atoms with E-state index < -0.39 is 0 Å². The number of rotatable bonds is 2. The summed E-state index contributed by atoms with van der Waals surface area (Å²) in [6, 6.07) is 10.1. The van der Waals surface area contributed by atoms with Gasteiger partial charge in [-0.1, -0.05) is 24.3 Å². The SMILES string of the molecule is O=C(N[C@H]1CCNC1)c1ccc(F)c2ccccc12. The minimum atomic E-state index is -0.297. The minimum Gasteiger partial charge on any atom is -0.348 e. The van der Waals surface area contributed by atoms with Gasteiger partial charge in [0.1, 0.15) is 5.82 Å². The second-order valence-electron chi connectivity index (χ2n) is 4.80. The predicted octanol–water partition coefficient (Wildman–Crippen LogP) is 2.07. The monoisotopic (exact) mass is 258 g/mol. The molecule has 0 saturated carbocycles. The van der Waals surface area contributed by atoms with E-state index in [1.54, 1.807) is 24.3 Å². The number of nitrogens with one attached hydrogen (secondary N) is 2. The van der Waals surface area contributed by atoms with Crippen molar-refractivity contribution in [3.05, 3.63) is 47.8 Å². The first-order chi connectivity index (χ1) is 9.25. The zero-order chi connectivity index (χ0) is 13.2. The maximum absolute atomic E-state index is 13.7. The molecular weight excluding hydrogens is 243 g/mol. The van der Waals surface area contributed by atoms with Crippen molar-refractivity contribution in [2.45, 2.75) is 12.5 Å². The van der Waals surface area contributed by atoms with Gasteiger partial charge in [0.15, 0.2) is 0 Å². The lowest BCUT2D eigenvalue weighted by molar-refractivity contribution is 0.0941. The summed E-state index contributed by atoms with van der Waals surface area (Å²) in [5.41, 5.74) is 0.531. The van der Waals surface area contributed by atoms with Gasteiger partial charge in [0, 0.05) is 23.5 Å². The molecule has 1 atom stereocenters. The molecule has 0 unspecified atom stereocenters. The van der Waals surface area contributed by atoms with Crippen LogP contribution in [0.1, 0.15) is 16.8 Å². The van der Waals surface area contributed by atoms with Gasteiger partial charge in [-0.05, 0) is 30.5 Å². The maximum atomic E-state index is 13.7. The highest BCUT2D eigenvalue weighted by molar-refractivity contribution is 6.07. The Morgan fingerprint density at radius 3 is 2.74 bits per heavy atom. The van der Waals surface area contributed by atoms with Gasteiger partial charge in [-0.15, -0.1) is 0 Å². The Hall–Kier alpha value is -1.94. The number of fused-ring (bicyclic) bond motifs is 1. The molecule has 2 aromatic rings. The van der Waals surface area contributed by atoms with Crippen molar-refractivity contribution in [1.29, 1.82) is 0 Å². The molecule has 1 heterocycles. The van der Waals surface area contributed by atoms with Crippen LogP contribution in [0.4, 0.5) is 4.39 Å². The number of hydrogen-bond donors (Lipinski definition) is 2. The summed E-state index contributed by atoms with van der Waals surface area (Å²) < 4.78 is 13.7. The molecule has 2 N–H and O–H groups in total. The van der Waals surface area contributed by atoms with Crippen molar-refractivity contribution in [2.75, 3.05) is 13.1 Å². The summed E-state index contributed by atoms with van der Waals surface area (Å²) >= 11 is 0. The fraction of sp³-hybridized carbons (Fsp3) is 0.267. The van der Waals surface area contributed by atoms with Gasteiger partial charge < -0.3 is 10.6 Å². The molecule has 0 spiro atoms. The normalized spacial score (nSPS) is 18.7. The van der Waals surface area contributed by atoms with Crippen LogP contribution in [0.25, 0.3) is 10.8 Å². The first-order valence-corrected chi connectivity index (χ1v) is 6.44. The second kappa shape index (κ2) is 4.97. The van der Waals surface area contributed by atoms with Crippen LogP contribution < -0.4 is 10.6 Å². The molecule has 1 fully saturated rings. The summed E-state index contributed by atoms with van der Waals surface area (Å²) in [7, 11) is 0. The third-order valence-corrected chi connectivity index (χ3v) is 3.51. The molecule has 0 aromatic heterocycles. The Balaban J connectivity index is 1.95. The Bertz CT molecular complexity index is 621. The van der Waals surface area contributed by atoms with Crippen molar-refractivity contribution in [3.8, 4) is 0 Å². The first-order valence-electron chi connectivity index (χ1n) is 6.44. The van der Waals surface area contributed by atoms with Crippen LogP contribution in [0.5, 0.6) is 0 Å². The highest BCUT2D eigenvalue weighted by Crippen LogP contribution is 2.22. The molecule has 0 radical (unpaired) electrons. The fourth-order valence-corrected chi connectivity index (χ4v) is 2.50. The van der Waals surface area contributed by atoms with E-state index >= 15 is 0 Å². The van der Waals surface area contributed by atoms with Gasteiger partial charge in [0.05, 0.1) is 0 Å². The molecule has 0 bridgehead atoms. The number of carbonyl (C=O) groups is 1. The zero-order valence-electron chi connectivity index (χ0n) is 10.4. The summed E-state index contributed by atoms with van der Waals surface area (Å²) in [5, 5.41) is 7.33. The number of carbonyl (C=O) groups excluding carboxylic acids is 1. The topological polar surface area (TPSA) is 41.1 Å². The third-order valence-electron chi connectivity index (χ3n) is 3.51. The molecule has 3 nitrogen and oxygen atoms in total. The van der Waals surface area contributed by atoms with Gasteiger partial charge in [0.2, 0.25) is 0 Å². The Kier molecular flexibility index (Phi) is 3.17. The number of amides is 1. The van der Waals surface area contributed by atoms with E-state index in [0.29, 0.717) is 16.3 Å². The molecule has 1 saturated heterocycles. The smallest absolute Gasteiger partial charge is 0.252 e. The summed E-state index contributed by atoms with van der Waals surface area (Å²) in [6.45, 7) is 1.72. The molecular formula is C15H15FN2O. The first kappa shape index (κ1) is 12.1. The standard InChI is InChI=1S/C15H15FN2O/c16-14-6-5-13(11-3-1-2-4-12(11)14)15(19)18-10-7-8-17-9-10/h1-6,10,17H,7-9H2,(H,18,19)/t10-/m0/s1. The van der Waals surface area contributed by atoms with Crippen molar-refractivity contribution >= 4 is 16.7 Å². The van der Waals surface area contributed by atoms with Crippen LogP contribution in [0.2, 0.25) is 0 Å². The van der Waals surface area contributed by atoms with Crippen molar-refractivity contribution in [2.24, 2.45) is 0 Å². The van der Waals surface area contributed by atoms with Crippen LogP contribution in [-0.4, -0.2) is 25.0 Å². The second-order valence-corrected chi connectivity index (χ2v) is 4.80. The largest absolute Gasteiger partial charge is 0.348 e. The van der Waals surface area contributed by atoms with Crippen LogP contribution in [0.3, 0.4) is 0 Å². The van der Waals surface area contributed by atoms with E-state index in [1.807, 2.05) is 6.07 Å². The quantitative estimate of drug-likeness (QED) is 0.865. The lowest BCUT2D eigenvalue weighted by Gasteiger charge is -2.13. The van der Waals surface area contributed by atoms with Crippen molar-refractivity contribution < 1.29 is 9.18 Å². The molecule has 1 amide bonds. The molecule has 1 aliphatic rings. The van der Waals surface area contributed by atoms with E-state index in [0.717, 1.165) is 19.5 Å². The Morgan fingerprint density at radius 2 is 2.00 bits per heavy atom. The van der Waals surface area contributed by atoms with Crippen LogP contribution in [0.15, 0.2) is 36.4 Å². The van der Waals surface area contributed by atoms with Gasteiger partial charge >= 0.3 is 0 Å². The van der Waals surface area contributed by atoms with E-state index in [4.69, 9.17) is 0 Å². The van der Waals surface area contributed by atoms with Gasteiger partial charge in [-0.25, -0.2) is 4.39 Å². The van der Waals surface area contributed by atoms with E-state index in [2.05, 4.69) is 10.6 Å². The third kappa shape index (κ3) is 2.31.